The molecule has 2 fully saturated rings. The number of anilines is 1. The smallest absolute Gasteiger partial charge is 0.253 e. The predicted octanol–water partition coefficient (Wildman–Crippen LogP) is 2.20. The Bertz CT molecular complexity index is 1080. The summed E-state index contributed by atoms with van der Waals surface area (Å²) in [7, 11) is -1.52. The first-order chi connectivity index (χ1) is 15.3. The fourth-order valence-electron chi connectivity index (χ4n) is 3.97. The van der Waals surface area contributed by atoms with Crippen LogP contribution in [0.2, 0.25) is 5.02 Å². The fourth-order valence-corrected chi connectivity index (χ4v) is 5.72. The number of pyridine rings is 1. The number of carbonyl (C=O) groups is 1. The van der Waals surface area contributed by atoms with Crippen molar-refractivity contribution in [2.24, 2.45) is 0 Å². The summed E-state index contributed by atoms with van der Waals surface area (Å²) in [6, 6.07) is 8.13. The van der Waals surface area contributed by atoms with E-state index in [9.17, 15) is 13.2 Å². The van der Waals surface area contributed by atoms with Crippen LogP contribution in [0.5, 0.6) is 0 Å². The Morgan fingerprint density at radius 2 is 1.78 bits per heavy atom. The van der Waals surface area contributed by atoms with Gasteiger partial charge in [-0.3, -0.25) is 4.79 Å². The van der Waals surface area contributed by atoms with Crippen molar-refractivity contribution >= 4 is 33.3 Å². The molecule has 0 radical (unpaired) electrons. The molecule has 2 aromatic rings. The van der Waals surface area contributed by atoms with Crippen LogP contribution in [0.25, 0.3) is 0 Å². The van der Waals surface area contributed by atoms with Crippen molar-refractivity contribution in [2.75, 3.05) is 51.2 Å². The summed E-state index contributed by atoms with van der Waals surface area (Å²) in [5.41, 5.74) is 1.07. The first kappa shape index (κ1) is 23.0. The van der Waals surface area contributed by atoms with E-state index >= 15 is 0 Å². The van der Waals surface area contributed by atoms with Crippen LogP contribution in [-0.2, 0) is 16.6 Å². The number of likely N-dealkylation sites (N-methyl/N-ethyl adjacent to an activating group) is 1. The minimum absolute atomic E-state index is 0.0928. The van der Waals surface area contributed by atoms with Crippen LogP contribution in [0.1, 0.15) is 28.8 Å². The normalized spacial score (nSPS) is 18.1. The lowest BCUT2D eigenvalue weighted by Gasteiger charge is -2.33. The first-order valence-corrected chi connectivity index (χ1v) is 12.6. The largest absolute Gasteiger partial charge is 0.354 e. The zero-order chi connectivity index (χ0) is 22.7. The lowest BCUT2D eigenvalue weighted by atomic mass is 10.2. The molecule has 0 atom stereocenters. The third-order valence-corrected chi connectivity index (χ3v) is 8.20. The van der Waals surface area contributed by atoms with Gasteiger partial charge in [0.15, 0.2) is 0 Å². The monoisotopic (exact) mass is 477 g/mol. The van der Waals surface area contributed by atoms with E-state index in [2.05, 4.69) is 27.1 Å². The molecule has 4 rings (SSSR count). The van der Waals surface area contributed by atoms with Crippen LogP contribution in [0.15, 0.2) is 41.4 Å². The third-order valence-electron chi connectivity index (χ3n) is 5.98. The van der Waals surface area contributed by atoms with Gasteiger partial charge in [0.1, 0.15) is 5.82 Å². The van der Waals surface area contributed by atoms with E-state index in [0.29, 0.717) is 19.6 Å². The average Bonchev–Trinajstić information content (AvgIpc) is 3.34. The molecule has 172 valence electrons. The van der Waals surface area contributed by atoms with E-state index in [1.807, 2.05) is 12.1 Å². The number of aromatic nitrogens is 1. The molecule has 0 saturated carbocycles. The Morgan fingerprint density at radius 1 is 1.06 bits per heavy atom. The summed E-state index contributed by atoms with van der Waals surface area (Å²) < 4.78 is 27.1. The highest BCUT2D eigenvalue weighted by Gasteiger charge is 2.28. The standard InChI is InChI=1S/C22H28ClN5O3S/c1-26-10-12-27(13-11-26)21-14-17(6-7-24-21)16-25-22(29)19-15-18(4-5-20(19)23)32(30,31)28-8-2-3-9-28/h4-7,14-15H,2-3,8-13,16H2,1H3,(H,25,29). The van der Waals surface area contributed by atoms with E-state index in [4.69, 9.17) is 11.6 Å². The summed E-state index contributed by atoms with van der Waals surface area (Å²) in [6.45, 7) is 5.09. The zero-order valence-electron chi connectivity index (χ0n) is 18.1. The second kappa shape index (κ2) is 9.74. The molecule has 0 unspecified atom stereocenters. The number of carbonyl (C=O) groups excluding carboxylic acids is 1. The van der Waals surface area contributed by atoms with Gasteiger partial charge in [-0.25, -0.2) is 13.4 Å². The molecule has 2 aliphatic heterocycles. The summed E-state index contributed by atoms with van der Waals surface area (Å²) in [5.74, 6) is 0.480. The Balaban J connectivity index is 1.45. The molecule has 1 N–H and O–H groups in total. The summed E-state index contributed by atoms with van der Waals surface area (Å²) in [4.78, 5) is 21.9. The number of sulfonamides is 1. The quantitative estimate of drug-likeness (QED) is 0.686. The Hall–Kier alpha value is -2.20. The second-order valence-electron chi connectivity index (χ2n) is 8.25. The van der Waals surface area contributed by atoms with Crippen molar-refractivity contribution in [3.05, 3.63) is 52.7 Å². The van der Waals surface area contributed by atoms with Crippen LogP contribution in [0.4, 0.5) is 5.82 Å². The second-order valence-corrected chi connectivity index (χ2v) is 10.6. The van der Waals surface area contributed by atoms with Gasteiger partial charge in [-0.05, 0) is 55.8 Å². The number of nitrogens with zero attached hydrogens (tertiary/aromatic N) is 4. The van der Waals surface area contributed by atoms with Gasteiger partial charge in [-0.1, -0.05) is 11.6 Å². The van der Waals surface area contributed by atoms with Crippen LogP contribution in [-0.4, -0.2) is 74.8 Å². The van der Waals surface area contributed by atoms with Crippen LogP contribution >= 0.6 is 11.6 Å². The maximum Gasteiger partial charge on any atom is 0.253 e. The van der Waals surface area contributed by atoms with Crippen molar-refractivity contribution < 1.29 is 13.2 Å². The van der Waals surface area contributed by atoms with Gasteiger partial charge in [0.25, 0.3) is 5.91 Å². The van der Waals surface area contributed by atoms with Gasteiger partial charge in [0.2, 0.25) is 10.0 Å². The van der Waals surface area contributed by atoms with Gasteiger partial charge in [0.05, 0.1) is 15.5 Å². The molecule has 1 aromatic heterocycles. The third kappa shape index (κ3) is 5.06. The Morgan fingerprint density at radius 3 is 2.50 bits per heavy atom. The number of benzene rings is 1. The van der Waals surface area contributed by atoms with E-state index in [1.54, 1.807) is 6.20 Å². The number of piperazine rings is 1. The van der Waals surface area contributed by atoms with Crippen molar-refractivity contribution in [3.8, 4) is 0 Å². The number of amides is 1. The van der Waals surface area contributed by atoms with Crippen LogP contribution in [0, 0.1) is 0 Å². The van der Waals surface area contributed by atoms with E-state index in [1.165, 1.54) is 22.5 Å². The van der Waals surface area contributed by atoms with Crippen molar-refractivity contribution in [1.29, 1.82) is 0 Å². The van der Waals surface area contributed by atoms with Crippen molar-refractivity contribution in [1.82, 2.24) is 19.5 Å². The molecule has 1 aromatic carbocycles. The van der Waals surface area contributed by atoms with Crippen LogP contribution in [0.3, 0.4) is 0 Å². The van der Waals surface area contributed by atoms with Crippen molar-refractivity contribution in [3.63, 3.8) is 0 Å². The molecule has 8 nitrogen and oxygen atoms in total. The topological polar surface area (TPSA) is 85.8 Å². The summed E-state index contributed by atoms with van der Waals surface area (Å²) in [5, 5.41) is 3.07. The number of halogens is 1. The minimum atomic E-state index is -3.62. The van der Waals surface area contributed by atoms with Gasteiger partial charge in [-0.2, -0.15) is 4.31 Å². The molecule has 0 aliphatic carbocycles. The molecule has 32 heavy (non-hydrogen) atoms. The zero-order valence-corrected chi connectivity index (χ0v) is 19.7. The number of rotatable bonds is 6. The maximum atomic E-state index is 12.8. The van der Waals surface area contributed by atoms with E-state index in [0.717, 1.165) is 50.4 Å². The van der Waals surface area contributed by atoms with Crippen molar-refractivity contribution in [2.45, 2.75) is 24.3 Å². The van der Waals surface area contributed by atoms with Gasteiger partial charge < -0.3 is 15.1 Å². The molecule has 2 saturated heterocycles. The molecule has 3 heterocycles. The molecule has 1 amide bonds. The Kier molecular flexibility index (Phi) is 6.99. The lowest BCUT2D eigenvalue weighted by molar-refractivity contribution is 0.0951. The van der Waals surface area contributed by atoms with E-state index in [-0.39, 0.29) is 15.5 Å². The van der Waals surface area contributed by atoms with E-state index < -0.39 is 15.9 Å². The molecule has 0 bridgehead atoms. The van der Waals surface area contributed by atoms with Gasteiger partial charge >= 0.3 is 0 Å². The molecule has 0 spiro atoms. The molecule has 10 heteroatoms. The Labute approximate surface area is 194 Å². The van der Waals surface area contributed by atoms with Crippen LogP contribution < -0.4 is 10.2 Å². The summed E-state index contributed by atoms with van der Waals surface area (Å²) in [6.07, 6.45) is 3.44. The number of nitrogens with one attached hydrogen (secondary N) is 1. The summed E-state index contributed by atoms with van der Waals surface area (Å²) >= 11 is 6.23. The maximum absolute atomic E-state index is 12.8. The number of hydrogen-bond acceptors (Lipinski definition) is 6. The fraction of sp³-hybridized carbons (Fsp3) is 0.455. The predicted molar refractivity (Wildman–Crippen MR) is 125 cm³/mol. The minimum Gasteiger partial charge on any atom is -0.354 e. The van der Waals surface area contributed by atoms with Gasteiger partial charge in [0, 0.05) is 52.0 Å². The highest BCUT2D eigenvalue weighted by molar-refractivity contribution is 7.89. The highest BCUT2D eigenvalue weighted by atomic mass is 35.5. The molecular formula is C22H28ClN5O3S. The highest BCUT2D eigenvalue weighted by Crippen LogP contribution is 2.25. The average molecular weight is 478 g/mol. The first-order valence-electron chi connectivity index (χ1n) is 10.8. The molecule has 2 aliphatic rings. The number of hydrogen-bond donors (Lipinski definition) is 1. The SMILES string of the molecule is CN1CCN(c2cc(CNC(=O)c3cc(S(=O)(=O)N4CCCC4)ccc3Cl)ccn2)CC1. The molecular weight excluding hydrogens is 450 g/mol. The van der Waals surface area contributed by atoms with Gasteiger partial charge in [-0.15, -0.1) is 0 Å². The lowest BCUT2D eigenvalue weighted by Crippen LogP contribution is -2.44.